The standard InChI is InChI=1S/C23H29N3O2S/c1-3-24-23(28)26-13-5-8-20(16-26)18-6-4-7-19(14-18)22(27)25-15-17-9-11-21(29-2)12-10-17/h4,6-7,9-12,14,20H,3,5,8,13,15-16H2,1-2H3,(H,24,28)(H,25,27)/t20-/m0/s1. The zero-order valence-corrected chi connectivity index (χ0v) is 17.9. The van der Waals surface area contributed by atoms with E-state index >= 15 is 0 Å². The Labute approximate surface area is 177 Å². The summed E-state index contributed by atoms with van der Waals surface area (Å²) in [7, 11) is 0. The number of piperidine rings is 1. The fourth-order valence-electron chi connectivity index (χ4n) is 3.66. The number of nitrogens with zero attached hydrogens (tertiary/aromatic N) is 1. The van der Waals surface area contributed by atoms with Gasteiger partial charge in [-0.1, -0.05) is 24.3 Å². The molecule has 0 spiro atoms. The number of benzene rings is 2. The largest absolute Gasteiger partial charge is 0.348 e. The van der Waals surface area contributed by atoms with Crippen molar-refractivity contribution in [3.63, 3.8) is 0 Å². The fourth-order valence-corrected chi connectivity index (χ4v) is 4.07. The van der Waals surface area contributed by atoms with Gasteiger partial charge in [0.2, 0.25) is 0 Å². The number of carbonyl (C=O) groups excluding carboxylic acids is 2. The molecule has 0 radical (unpaired) electrons. The van der Waals surface area contributed by atoms with Crippen LogP contribution in [-0.4, -0.2) is 42.7 Å². The first kappa shape index (κ1) is 21.2. The Morgan fingerprint density at radius 1 is 1.14 bits per heavy atom. The Morgan fingerprint density at radius 3 is 2.66 bits per heavy atom. The monoisotopic (exact) mass is 411 g/mol. The third-order valence-corrected chi connectivity index (χ3v) is 6.01. The van der Waals surface area contributed by atoms with Gasteiger partial charge in [-0.25, -0.2) is 4.79 Å². The van der Waals surface area contributed by atoms with Crippen molar-refractivity contribution in [2.45, 2.75) is 37.1 Å². The van der Waals surface area contributed by atoms with Crippen molar-refractivity contribution in [2.75, 3.05) is 25.9 Å². The number of nitrogens with one attached hydrogen (secondary N) is 2. The quantitative estimate of drug-likeness (QED) is 0.699. The van der Waals surface area contributed by atoms with Crippen LogP contribution in [0.4, 0.5) is 4.79 Å². The maximum absolute atomic E-state index is 12.6. The molecule has 6 heteroatoms. The number of hydrogen-bond donors (Lipinski definition) is 2. The molecule has 3 rings (SSSR count). The van der Waals surface area contributed by atoms with Crippen molar-refractivity contribution in [2.24, 2.45) is 0 Å². The van der Waals surface area contributed by atoms with Crippen LogP contribution in [0.3, 0.4) is 0 Å². The van der Waals surface area contributed by atoms with Crippen LogP contribution < -0.4 is 10.6 Å². The van der Waals surface area contributed by atoms with Gasteiger partial charge in [0.15, 0.2) is 0 Å². The van der Waals surface area contributed by atoms with E-state index in [9.17, 15) is 9.59 Å². The number of thioether (sulfide) groups is 1. The molecule has 3 amide bonds. The molecular weight excluding hydrogens is 382 g/mol. The summed E-state index contributed by atoms with van der Waals surface area (Å²) < 4.78 is 0. The summed E-state index contributed by atoms with van der Waals surface area (Å²) in [6, 6.07) is 16.0. The molecule has 29 heavy (non-hydrogen) atoms. The van der Waals surface area contributed by atoms with E-state index in [1.54, 1.807) is 11.8 Å². The van der Waals surface area contributed by atoms with Crippen LogP contribution in [0.5, 0.6) is 0 Å². The van der Waals surface area contributed by atoms with E-state index in [1.807, 2.05) is 48.4 Å². The van der Waals surface area contributed by atoms with E-state index in [4.69, 9.17) is 0 Å². The molecule has 0 unspecified atom stereocenters. The third-order valence-electron chi connectivity index (χ3n) is 5.27. The van der Waals surface area contributed by atoms with Gasteiger partial charge in [0.05, 0.1) is 0 Å². The van der Waals surface area contributed by atoms with E-state index in [2.05, 4.69) is 28.8 Å². The maximum Gasteiger partial charge on any atom is 0.317 e. The Bertz CT molecular complexity index is 838. The first-order valence-corrected chi connectivity index (χ1v) is 11.4. The van der Waals surface area contributed by atoms with Crippen LogP contribution >= 0.6 is 11.8 Å². The summed E-state index contributed by atoms with van der Waals surface area (Å²) in [6.07, 6.45) is 4.05. The molecule has 154 valence electrons. The molecule has 0 bridgehead atoms. The predicted octanol–water partition coefficient (Wildman–Crippen LogP) is 4.25. The molecule has 0 aliphatic carbocycles. The average Bonchev–Trinajstić information content (AvgIpc) is 2.78. The Kier molecular flexibility index (Phi) is 7.58. The second-order valence-corrected chi connectivity index (χ2v) is 8.16. The molecule has 5 nitrogen and oxygen atoms in total. The normalized spacial score (nSPS) is 16.3. The molecule has 2 N–H and O–H groups in total. The van der Waals surface area contributed by atoms with Crippen molar-refractivity contribution < 1.29 is 9.59 Å². The number of urea groups is 1. The van der Waals surface area contributed by atoms with E-state index in [1.165, 1.54) is 4.90 Å². The Morgan fingerprint density at radius 2 is 1.93 bits per heavy atom. The molecule has 1 aliphatic heterocycles. The van der Waals surface area contributed by atoms with Crippen LogP contribution in [0.2, 0.25) is 0 Å². The molecule has 1 atom stereocenters. The smallest absolute Gasteiger partial charge is 0.317 e. The highest BCUT2D eigenvalue weighted by Crippen LogP contribution is 2.27. The van der Waals surface area contributed by atoms with Crippen LogP contribution in [-0.2, 0) is 6.54 Å². The molecule has 1 saturated heterocycles. The number of hydrogen-bond acceptors (Lipinski definition) is 3. The minimum absolute atomic E-state index is 0.00131. The predicted molar refractivity (Wildman–Crippen MR) is 118 cm³/mol. The summed E-state index contributed by atoms with van der Waals surface area (Å²) in [5.74, 6) is 0.190. The zero-order valence-electron chi connectivity index (χ0n) is 17.1. The van der Waals surface area contributed by atoms with Crippen molar-refractivity contribution in [1.82, 2.24) is 15.5 Å². The molecule has 2 aromatic carbocycles. The highest BCUT2D eigenvalue weighted by atomic mass is 32.2. The van der Waals surface area contributed by atoms with Crippen molar-refractivity contribution in [3.8, 4) is 0 Å². The molecular formula is C23H29N3O2S. The van der Waals surface area contributed by atoms with Gasteiger partial charge >= 0.3 is 6.03 Å². The SMILES string of the molecule is CCNC(=O)N1CCC[C@H](c2cccc(C(=O)NCc3ccc(SC)cc3)c2)C1. The lowest BCUT2D eigenvalue weighted by Gasteiger charge is -2.33. The first-order valence-electron chi connectivity index (χ1n) is 10.1. The maximum atomic E-state index is 12.6. The van der Waals surface area contributed by atoms with Crippen LogP contribution in [0.25, 0.3) is 0 Å². The second kappa shape index (κ2) is 10.3. The number of carbonyl (C=O) groups is 2. The molecule has 1 heterocycles. The van der Waals surface area contributed by atoms with Gasteiger partial charge in [-0.15, -0.1) is 11.8 Å². The number of amides is 3. The minimum atomic E-state index is -0.0721. The fraction of sp³-hybridized carbons (Fsp3) is 0.391. The second-order valence-electron chi connectivity index (χ2n) is 7.28. The molecule has 0 aromatic heterocycles. The summed E-state index contributed by atoms with van der Waals surface area (Å²) >= 11 is 1.70. The van der Waals surface area contributed by atoms with E-state index in [0.29, 0.717) is 25.2 Å². The van der Waals surface area contributed by atoms with Crippen molar-refractivity contribution >= 4 is 23.7 Å². The van der Waals surface area contributed by atoms with Gasteiger partial charge in [0.25, 0.3) is 5.91 Å². The van der Waals surface area contributed by atoms with Crippen molar-refractivity contribution in [1.29, 1.82) is 0 Å². The van der Waals surface area contributed by atoms with Crippen LogP contribution in [0.15, 0.2) is 53.4 Å². The van der Waals surface area contributed by atoms with Crippen LogP contribution in [0, 0.1) is 0 Å². The average molecular weight is 412 g/mol. The highest BCUT2D eigenvalue weighted by Gasteiger charge is 2.24. The van der Waals surface area contributed by atoms with Gasteiger partial charge < -0.3 is 15.5 Å². The van der Waals surface area contributed by atoms with E-state index < -0.39 is 0 Å². The van der Waals surface area contributed by atoms with Gasteiger partial charge in [0, 0.05) is 42.6 Å². The topological polar surface area (TPSA) is 61.4 Å². The summed E-state index contributed by atoms with van der Waals surface area (Å²) in [5.41, 5.74) is 2.87. The Balaban J connectivity index is 1.62. The van der Waals surface area contributed by atoms with E-state index in [0.717, 1.165) is 30.5 Å². The van der Waals surface area contributed by atoms with Gasteiger partial charge in [-0.2, -0.15) is 0 Å². The minimum Gasteiger partial charge on any atom is -0.348 e. The van der Waals surface area contributed by atoms with Crippen LogP contribution in [0.1, 0.15) is 47.2 Å². The summed E-state index contributed by atoms with van der Waals surface area (Å²) in [6.45, 7) is 4.55. The first-order chi connectivity index (χ1) is 14.1. The van der Waals surface area contributed by atoms with E-state index in [-0.39, 0.29) is 17.9 Å². The van der Waals surface area contributed by atoms with Gasteiger partial charge in [0.1, 0.15) is 0 Å². The summed E-state index contributed by atoms with van der Waals surface area (Å²) in [5, 5.41) is 5.88. The lowest BCUT2D eigenvalue weighted by atomic mass is 9.89. The Hall–Kier alpha value is -2.47. The molecule has 1 aliphatic rings. The van der Waals surface area contributed by atoms with Gasteiger partial charge in [-0.05, 0) is 61.4 Å². The molecule has 0 saturated carbocycles. The zero-order chi connectivity index (χ0) is 20.6. The summed E-state index contributed by atoms with van der Waals surface area (Å²) in [4.78, 5) is 27.9. The highest BCUT2D eigenvalue weighted by molar-refractivity contribution is 7.98. The number of rotatable bonds is 6. The third kappa shape index (κ3) is 5.76. The van der Waals surface area contributed by atoms with Gasteiger partial charge in [-0.3, -0.25) is 4.79 Å². The molecule has 2 aromatic rings. The lowest BCUT2D eigenvalue weighted by molar-refractivity contribution is 0.0950. The number of likely N-dealkylation sites (tertiary alicyclic amines) is 1. The molecule has 1 fully saturated rings. The van der Waals surface area contributed by atoms with Crippen molar-refractivity contribution in [3.05, 3.63) is 65.2 Å². The lowest BCUT2D eigenvalue weighted by Crippen LogP contribution is -2.44.